The molecule has 0 atom stereocenters. The first kappa shape index (κ1) is 8.02. The number of aromatic nitrogens is 1. The van der Waals surface area contributed by atoms with Gasteiger partial charge in [-0.05, 0) is 18.6 Å². The van der Waals surface area contributed by atoms with Gasteiger partial charge in [0.25, 0.3) is 0 Å². The van der Waals surface area contributed by atoms with E-state index in [-0.39, 0.29) is 0 Å². The fourth-order valence-electron chi connectivity index (χ4n) is 0.671. The molecule has 1 rings (SSSR count). The van der Waals surface area contributed by atoms with E-state index in [1.807, 2.05) is 13.0 Å². The predicted octanol–water partition coefficient (Wildman–Crippen LogP) is 2.94. The molecule has 0 spiro atoms. The van der Waals surface area contributed by atoms with Gasteiger partial charge in [0, 0.05) is 11.5 Å². The number of alkyl halides is 1. The molecule has 0 radical (unpaired) electrons. The Hall–Kier alpha value is -0.0800. The number of rotatable bonds is 1. The Morgan fingerprint density at radius 3 is 2.90 bits per heavy atom. The van der Waals surface area contributed by atoms with Gasteiger partial charge < -0.3 is 0 Å². The van der Waals surface area contributed by atoms with Crippen molar-refractivity contribution in [2.45, 2.75) is 12.3 Å². The number of hydrogen-bond acceptors (Lipinski definition) is 1. The maximum Gasteiger partial charge on any atom is 0.0618 e. The van der Waals surface area contributed by atoms with Crippen LogP contribution in [0, 0.1) is 6.92 Å². The molecule has 0 N–H and O–H groups in total. The van der Waals surface area contributed by atoms with Gasteiger partial charge in [0.15, 0.2) is 0 Å². The van der Waals surface area contributed by atoms with Crippen LogP contribution >= 0.6 is 27.5 Å². The topological polar surface area (TPSA) is 12.9 Å². The summed E-state index contributed by atoms with van der Waals surface area (Å²) in [6.07, 6.45) is 1.67. The third kappa shape index (κ3) is 1.70. The lowest BCUT2D eigenvalue weighted by Gasteiger charge is -1.97. The molecule has 1 heterocycles. The van der Waals surface area contributed by atoms with Crippen molar-refractivity contribution in [1.29, 1.82) is 0 Å². The summed E-state index contributed by atoms with van der Waals surface area (Å²) >= 11 is 9.07. The van der Waals surface area contributed by atoms with Crippen LogP contribution in [0.1, 0.15) is 11.3 Å². The van der Waals surface area contributed by atoms with Crippen molar-refractivity contribution in [2.24, 2.45) is 0 Å². The van der Waals surface area contributed by atoms with Gasteiger partial charge in [-0.15, -0.1) is 0 Å². The molecule has 0 bridgehead atoms. The van der Waals surface area contributed by atoms with E-state index in [0.29, 0.717) is 0 Å². The molecule has 0 aliphatic carbocycles. The molecule has 0 aliphatic rings. The lowest BCUT2D eigenvalue weighted by molar-refractivity contribution is 1.16. The van der Waals surface area contributed by atoms with Crippen LogP contribution in [0.25, 0.3) is 0 Å². The third-order valence-corrected chi connectivity index (χ3v) is 2.21. The van der Waals surface area contributed by atoms with Crippen LogP contribution in [0.15, 0.2) is 12.3 Å². The van der Waals surface area contributed by atoms with Crippen LogP contribution in [-0.4, -0.2) is 4.98 Å². The van der Waals surface area contributed by atoms with Crippen LogP contribution in [0.4, 0.5) is 0 Å². The van der Waals surface area contributed by atoms with E-state index >= 15 is 0 Å². The van der Waals surface area contributed by atoms with Gasteiger partial charge >= 0.3 is 0 Å². The Morgan fingerprint density at radius 1 is 1.70 bits per heavy atom. The summed E-state index contributed by atoms with van der Waals surface area (Å²) in [5, 5.41) is 1.51. The van der Waals surface area contributed by atoms with Crippen LogP contribution in [0.5, 0.6) is 0 Å². The molecule has 0 saturated heterocycles. The monoisotopic (exact) mass is 219 g/mol. The zero-order chi connectivity index (χ0) is 7.56. The lowest BCUT2D eigenvalue weighted by Crippen LogP contribution is -1.85. The Morgan fingerprint density at radius 2 is 2.40 bits per heavy atom. The standard InChI is InChI=1S/C7H7BrClN/c1-5-2-6(3-8)10-4-7(5)9/h2,4H,3H2,1H3. The Labute approximate surface area is 73.6 Å². The number of nitrogens with zero attached hydrogens (tertiary/aromatic N) is 1. The fourth-order valence-corrected chi connectivity index (χ4v) is 1.08. The largest absolute Gasteiger partial charge is 0.259 e. The van der Waals surface area contributed by atoms with E-state index in [1.54, 1.807) is 6.20 Å². The van der Waals surface area contributed by atoms with Crippen molar-refractivity contribution in [1.82, 2.24) is 4.98 Å². The minimum atomic E-state index is 0.727. The molecule has 0 amide bonds. The SMILES string of the molecule is Cc1cc(CBr)ncc1Cl. The van der Waals surface area contributed by atoms with Crippen molar-refractivity contribution < 1.29 is 0 Å². The summed E-state index contributed by atoms with van der Waals surface area (Å²) in [5.41, 5.74) is 2.09. The normalized spacial score (nSPS) is 9.90. The Kier molecular flexibility index (Phi) is 2.69. The molecule has 0 aliphatic heterocycles. The molecule has 0 saturated carbocycles. The zero-order valence-corrected chi connectivity index (χ0v) is 7.91. The highest BCUT2D eigenvalue weighted by molar-refractivity contribution is 9.08. The van der Waals surface area contributed by atoms with E-state index in [1.165, 1.54) is 0 Å². The molecule has 1 nitrogen and oxygen atoms in total. The molecule has 0 unspecified atom stereocenters. The van der Waals surface area contributed by atoms with Gasteiger partial charge in [-0.1, -0.05) is 27.5 Å². The van der Waals surface area contributed by atoms with Gasteiger partial charge in [0.05, 0.1) is 10.7 Å². The molecule has 3 heteroatoms. The van der Waals surface area contributed by atoms with Gasteiger partial charge in [0.1, 0.15) is 0 Å². The summed E-state index contributed by atoms with van der Waals surface area (Å²) in [4.78, 5) is 4.08. The van der Waals surface area contributed by atoms with Crippen LogP contribution in [0.3, 0.4) is 0 Å². The average molecular weight is 220 g/mol. The lowest BCUT2D eigenvalue weighted by atomic mass is 10.2. The molecule has 1 aromatic heterocycles. The second-order valence-electron chi connectivity index (χ2n) is 2.06. The first-order valence-corrected chi connectivity index (χ1v) is 4.41. The van der Waals surface area contributed by atoms with Crippen LogP contribution in [0.2, 0.25) is 5.02 Å². The fraction of sp³-hybridized carbons (Fsp3) is 0.286. The molecule has 54 valence electrons. The summed E-state index contributed by atoms with van der Waals surface area (Å²) < 4.78 is 0. The number of hydrogen-bond donors (Lipinski definition) is 0. The van der Waals surface area contributed by atoms with Gasteiger partial charge in [-0.25, -0.2) is 0 Å². The highest BCUT2D eigenvalue weighted by atomic mass is 79.9. The number of aryl methyl sites for hydroxylation is 1. The van der Waals surface area contributed by atoms with Crippen LogP contribution in [-0.2, 0) is 5.33 Å². The first-order chi connectivity index (χ1) is 4.74. The van der Waals surface area contributed by atoms with Crippen molar-refractivity contribution in [3.63, 3.8) is 0 Å². The number of halogens is 2. The molecule has 0 aromatic carbocycles. The Bertz CT molecular complexity index is 237. The Balaban J connectivity index is 3.04. The van der Waals surface area contributed by atoms with E-state index < -0.39 is 0 Å². The molecule has 10 heavy (non-hydrogen) atoms. The summed E-state index contributed by atoms with van der Waals surface area (Å²) in [6.45, 7) is 1.97. The zero-order valence-electron chi connectivity index (χ0n) is 5.56. The second-order valence-corrected chi connectivity index (χ2v) is 3.03. The summed E-state index contributed by atoms with van der Waals surface area (Å²) in [5.74, 6) is 0. The molecular weight excluding hydrogens is 213 g/mol. The maximum absolute atomic E-state index is 5.76. The minimum Gasteiger partial charge on any atom is -0.259 e. The summed E-state index contributed by atoms with van der Waals surface area (Å²) in [7, 11) is 0. The van der Waals surface area contributed by atoms with Crippen molar-refractivity contribution >= 4 is 27.5 Å². The van der Waals surface area contributed by atoms with Crippen molar-refractivity contribution in [3.8, 4) is 0 Å². The molecule has 0 fully saturated rings. The molecular formula is C7H7BrClN. The average Bonchev–Trinajstić information content (AvgIpc) is 1.95. The van der Waals surface area contributed by atoms with Gasteiger partial charge in [-0.3, -0.25) is 4.98 Å². The third-order valence-electron chi connectivity index (χ3n) is 1.24. The first-order valence-electron chi connectivity index (χ1n) is 2.91. The maximum atomic E-state index is 5.76. The smallest absolute Gasteiger partial charge is 0.0618 e. The van der Waals surface area contributed by atoms with E-state index in [0.717, 1.165) is 21.6 Å². The number of pyridine rings is 1. The van der Waals surface area contributed by atoms with Crippen LogP contribution < -0.4 is 0 Å². The summed E-state index contributed by atoms with van der Waals surface area (Å²) in [6, 6.07) is 1.97. The van der Waals surface area contributed by atoms with Crippen molar-refractivity contribution in [2.75, 3.05) is 0 Å². The minimum absolute atomic E-state index is 0.727. The van der Waals surface area contributed by atoms with E-state index in [4.69, 9.17) is 11.6 Å². The second kappa shape index (κ2) is 3.35. The predicted molar refractivity (Wildman–Crippen MR) is 46.6 cm³/mol. The van der Waals surface area contributed by atoms with E-state index in [2.05, 4.69) is 20.9 Å². The van der Waals surface area contributed by atoms with Crippen molar-refractivity contribution in [3.05, 3.63) is 28.5 Å². The van der Waals surface area contributed by atoms with Gasteiger partial charge in [-0.2, -0.15) is 0 Å². The van der Waals surface area contributed by atoms with Gasteiger partial charge in [0.2, 0.25) is 0 Å². The highest BCUT2D eigenvalue weighted by Crippen LogP contribution is 2.14. The quantitative estimate of drug-likeness (QED) is 0.663. The van der Waals surface area contributed by atoms with E-state index in [9.17, 15) is 0 Å². The highest BCUT2D eigenvalue weighted by Gasteiger charge is 1.96. The molecule has 1 aromatic rings.